The van der Waals surface area contributed by atoms with Crippen molar-refractivity contribution in [2.45, 2.75) is 63.3 Å². The highest BCUT2D eigenvalue weighted by Gasteiger charge is 2.21. The standard InChI is InChI=1S/C24H33NO4S/c1-19(2)9-7-13-23(25-30(27,28)22-11-5-4-6-12-22)21-17-15-20(16-18-21)10-8-14-24(26)29-3/h4-6,11-12,15-19,23,25H,7-10,13-14H2,1-3H3. The normalized spacial score (nSPS) is 12.7. The Morgan fingerprint density at radius 2 is 1.63 bits per heavy atom. The number of carbonyl (C=O) groups is 1. The highest BCUT2D eigenvalue weighted by molar-refractivity contribution is 7.89. The Morgan fingerprint density at radius 3 is 2.23 bits per heavy atom. The third-order valence-corrected chi connectivity index (χ3v) is 6.57. The number of carbonyl (C=O) groups excluding carboxylic acids is 1. The molecule has 0 aliphatic heterocycles. The molecule has 0 spiro atoms. The van der Waals surface area contributed by atoms with Crippen molar-refractivity contribution in [3.63, 3.8) is 0 Å². The van der Waals surface area contributed by atoms with Crippen molar-refractivity contribution in [3.05, 3.63) is 65.7 Å². The molecule has 1 atom stereocenters. The lowest BCUT2D eigenvalue weighted by Gasteiger charge is -2.20. The fraction of sp³-hybridized carbons (Fsp3) is 0.458. The van der Waals surface area contributed by atoms with Crippen LogP contribution in [0.3, 0.4) is 0 Å². The maximum absolute atomic E-state index is 12.9. The number of methoxy groups -OCH3 is 1. The van der Waals surface area contributed by atoms with Crippen LogP contribution in [-0.2, 0) is 26.0 Å². The summed E-state index contributed by atoms with van der Waals surface area (Å²) >= 11 is 0. The largest absolute Gasteiger partial charge is 0.469 e. The van der Waals surface area contributed by atoms with E-state index < -0.39 is 10.0 Å². The van der Waals surface area contributed by atoms with Crippen LogP contribution < -0.4 is 4.72 Å². The molecule has 0 bridgehead atoms. The van der Waals surface area contributed by atoms with Gasteiger partial charge in [-0.05, 0) is 48.4 Å². The summed E-state index contributed by atoms with van der Waals surface area (Å²) in [5.74, 6) is 0.376. The molecule has 1 unspecified atom stereocenters. The minimum atomic E-state index is -3.60. The van der Waals surface area contributed by atoms with Crippen molar-refractivity contribution in [3.8, 4) is 0 Å². The van der Waals surface area contributed by atoms with Gasteiger partial charge < -0.3 is 4.74 Å². The second-order valence-corrected chi connectivity index (χ2v) is 9.70. The molecule has 0 heterocycles. The average molecular weight is 432 g/mol. The Labute approximate surface area is 180 Å². The molecule has 0 aromatic heterocycles. The summed E-state index contributed by atoms with van der Waals surface area (Å²) in [5.41, 5.74) is 2.07. The number of nitrogens with one attached hydrogen (secondary N) is 1. The highest BCUT2D eigenvalue weighted by atomic mass is 32.2. The molecule has 30 heavy (non-hydrogen) atoms. The molecule has 0 amide bonds. The average Bonchev–Trinajstić information content (AvgIpc) is 2.73. The zero-order valence-corrected chi connectivity index (χ0v) is 19.0. The van der Waals surface area contributed by atoms with E-state index in [2.05, 4.69) is 23.3 Å². The monoisotopic (exact) mass is 431 g/mol. The van der Waals surface area contributed by atoms with Gasteiger partial charge in [-0.2, -0.15) is 0 Å². The lowest BCUT2D eigenvalue weighted by atomic mass is 9.97. The van der Waals surface area contributed by atoms with E-state index in [0.29, 0.717) is 12.3 Å². The zero-order valence-electron chi connectivity index (χ0n) is 18.1. The molecule has 0 fully saturated rings. The maximum atomic E-state index is 12.9. The van der Waals surface area contributed by atoms with Crippen LogP contribution in [0.25, 0.3) is 0 Å². The van der Waals surface area contributed by atoms with Gasteiger partial charge >= 0.3 is 5.97 Å². The number of hydrogen-bond acceptors (Lipinski definition) is 4. The topological polar surface area (TPSA) is 72.5 Å². The summed E-state index contributed by atoms with van der Waals surface area (Å²) < 4.78 is 33.3. The quantitative estimate of drug-likeness (QED) is 0.479. The summed E-state index contributed by atoms with van der Waals surface area (Å²) in [7, 11) is -2.20. The van der Waals surface area contributed by atoms with Gasteiger partial charge in [0.15, 0.2) is 0 Å². The predicted molar refractivity (Wildman–Crippen MR) is 120 cm³/mol. The predicted octanol–water partition coefficient (Wildman–Crippen LogP) is 5.03. The number of aryl methyl sites for hydroxylation is 1. The van der Waals surface area contributed by atoms with Gasteiger partial charge in [0.05, 0.1) is 12.0 Å². The Kier molecular flexibility index (Phi) is 9.53. The van der Waals surface area contributed by atoms with E-state index in [-0.39, 0.29) is 16.9 Å². The van der Waals surface area contributed by atoms with Gasteiger partial charge in [0.2, 0.25) is 10.0 Å². The summed E-state index contributed by atoms with van der Waals surface area (Å²) in [5, 5.41) is 0. The van der Waals surface area contributed by atoms with Crippen molar-refractivity contribution >= 4 is 16.0 Å². The molecule has 2 aromatic rings. The molecule has 2 rings (SSSR count). The van der Waals surface area contributed by atoms with Gasteiger partial charge in [0, 0.05) is 12.5 Å². The first-order chi connectivity index (χ1) is 14.3. The van der Waals surface area contributed by atoms with Crippen LogP contribution in [0.2, 0.25) is 0 Å². The molecular formula is C24H33NO4S. The molecule has 5 nitrogen and oxygen atoms in total. The van der Waals surface area contributed by atoms with Gasteiger partial charge in [-0.25, -0.2) is 13.1 Å². The smallest absolute Gasteiger partial charge is 0.305 e. The minimum Gasteiger partial charge on any atom is -0.469 e. The summed E-state index contributed by atoms with van der Waals surface area (Å²) in [6.45, 7) is 4.35. The van der Waals surface area contributed by atoms with Gasteiger partial charge in [0.1, 0.15) is 0 Å². The number of hydrogen-bond donors (Lipinski definition) is 1. The number of sulfonamides is 1. The first-order valence-electron chi connectivity index (χ1n) is 10.5. The molecule has 0 saturated heterocycles. The van der Waals surface area contributed by atoms with E-state index >= 15 is 0 Å². The van der Waals surface area contributed by atoms with Crippen molar-refractivity contribution in [1.82, 2.24) is 4.72 Å². The fourth-order valence-corrected chi connectivity index (χ4v) is 4.61. The Bertz CT molecular complexity index is 877. The summed E-state index contributed by atoms with van der Waals surface area (Å²) in [6, 6.07) is 16.2. The Hall–Kier alpha value is -2.18. The SMILES string of the molecule is COC(=O)CCCc1ccc(C(CCCC(C)C)NS(=O)(=O)c2ccccc2)cc1. The zero-order chi connectivity index (χ0) is 22.0. The number of ether oxygens (including phenoxy) is 1. The van der Waals surface area contributed by atoms with E-state index in [1.165, 1.54) is 7.11 Å². The van der Waals surface area contributed by atoms with Crippen LogP contribution in [-0.4, -0.2) is 21.5 Å². The van der Waals surface area contributed by atoms with E-state index in [1.54, 1.807) is 30.3 Å². The molecule has 164 valence electrons. The molecule has 0 aliphatic rings. The Balaban J connectivity index is 2.11. The van der Waals surface area contributed by atoms with Gasteiger partial charge in [-0.1, -0.05) is 69.2 Å². The summed E-state index contributed by atoms with van der Waals surface area (Å²) in [6.07, 6.45) is 4.64. The van der Waals surface area contributed by atoms with Crippen molar-refractivity contribution in [2.75, 3.05) is 7.11 Å². The number of esters is 1. The Morgan fingerprint density at radius 1 is 0.967 bits per heavy atom. The number of rotatable bonds is 12. The lowest BCUT2D eigenvalue weighted by molar-refractivity contribution is -0.140. The second kappa shape index (κ2) is 11.9. The van der Waals surface area contributed by atoms with Crippen molar-refractivity contribution in [2.24, 2.45) is 5.92 Å². The third-order valence-electron chi connectivity index (χ3n) is 5.08. The van der Waals surface area contributed by atoms with E-state index in [4.69, 9.17) is 0 Å². The van der Waals surface area contributed by atoms with Crippen molar-refractivity contribution in [1.29, 1.82) is 0 Å². The molecule has 6 heteroatoms. The highest BCUT2D eigenvalue weighted by Crippen LogP contribution is 2.24. The first-order valence-corrected chi connectivity index (χ1v) is 12.0. The molecular weight excluding hydrogens is 398 g/mol. The second-order valence-electron chi connectivity index (χ2n) is 7.98. The van der Waals surface area contributed by atoms with Gasteiger partial charge in [-0.3, -0.25) is 4.79 Å². The van der Waals surface area contributed by atoms with E-state index in [9.17, 15) is 13.2 Å². The van der Waals surface area contributed by atoms with Crippen LogP contribution in [0.4, 0.5) is 0 Å². The van der Waals surface area contributed by atoms with E-state index in [1.807, 2.05) is 24.3 Å². The van der Waals surface area contributed by atoms with Crippen LogP contribution in [0, 0.1) is 5.92 Å². The van der Waals surface area contributed by atoms with Gasteiger partial charge in [0.25, 0.3) is 0 Å². The molecule has 0 radical (unpaired) electrons. The first kappa shape index (κ1) is 24.1. The van der Waals surface area contributed by atoms with Gasteiger partial charge in [-0.15, -0.1) is 0 Å². The van der Waals surface area contributed by atoms with Crippen LogP contribution in [0.1, 0.15) is 63.1 Å². The fourth-order valence-electron chi connectivity index (χ4n) is 3.33. The molecule has 2 aromatic carbocycles. The van der Waals surface area contributed by atoms with E-state index in [0.717, 1.165) is 43.2 Å². The minimum absolute atomic E-state index is 0.202. The molecule has 0 saturated carbocycles. The lowest BCUT2D eigenvalue weighted by Crippen LogP contribution is -2.28. The molecule has 1 N–H and O–H groups in total. The third kappa shape index (κ3) is 7.92. The van der Waals surface area contributed by atoms with Crippen LogP contribution in [0.5, 0.6) is 0 Å². The number of benzene rings is 2. The molecule has 0 aliphatic carbocycles. The summed E-state index contributed by atoms with van der Waals surface area (Å²) in [4.78, 5) is 11.5. The maximum Gasteiger partial charge on any atom is 0.305 e. The van der Waals surface area contributed by atoms with Crippen LogP contribution in [0.15, 0.2) is 59.5 Å². The van der Waals surface area contributed by atoms with Crippen LogP contribution >= 0.6 is 0 Å². The van der Waals surface area contributed by atoms with Crippen molar-refractivity contribution < 1.29 is 17.9 Å².